The number of methoxy groups -OCH3 is 1. The molecule has 0 saturated carbocycles. The van der Waals surface area contributed by atoms with E-state index in [1.54, 1.807) is 7.11 Å². The zero-order valence-electron chi connectivity index (χ0n) is 13.1. The first-order valence-corrected chi connectivity index (χ1v) is 6.93. The number of hydrogen-bond acceptors (Lipinski definition) is 4. The lowest BCUT2D eigenvalue weighted by Crippen LogP contribution is -2.30. The Labute approximate surface area is 117 Å². The van der Waals surface area contributed by atoms with Crippen LogP contribution in [0.5, 0.6) is 0 Å². The first-order valence-electron chi connectivity index (χ1n) is 6.93. The van der Waals surface area contributed by atoms with E-state index in [0.717, 1.165) is 24.7 Å². The van der Waals surface area contributed by atoms with Crippen LogP contribution >= 0.6 is 0 Å². The third-order valence-electron chi connectivity index (χ3n) is 3.26. The third kappa shape index (κ3) is 5.20. The molecule has 0 aromatic carbocycles. The summed E-state index contributed by atoms with van der Waals surface area (Å²) < 4.78 is 7.33. The number of nitrogens with zero attached hydrogens (tertiary/aromatic N) is 3. The van der Waals surface area contributed by atoms with E-state index < -0.39 is 0 Å². The Bertz CT molecular complexity index is 376. The molecule has 0 aliphatic rings. The van der Waals surface area contributed by atoms with Crippen molar-refractivity contribution in [2.24, 2.45) is 0 Å². The fraction of sp³-hybridized carbons (Fsp3) is 0.786. The van der Waals surface area contributed by atoms with E-state index in [4.69, 9.17) is 4.74 Å². The van der Waals surface area contributed by atoms with E-state index in [-0.39, 0.29) is 6.04 Å². The minimum atomic E-state index is 0.258. The zero-order valence-corrected chi connectivity index (χ0v) is 13.1. The van der Waals surface area contributed by atoms with Crippen molar-refractivity contribution in [2.75, 3.05) is 32.6 Å². The molecule has 1 rings (SSSR count). The molecule has 0 radical (unpaired) electrons. The number of imidazole rings is 1. The zero-order chi connectivity index (χ0) is 14.4. The largest absolute Gasteiger partial charge is 0.383 e. The highest BCUT2D eigenvalue weighted by Crippen LogP contribution is 2.10. The number of likely N-dealkylation sites (N-methyl/N-ethyl adjacent to an activating group) is 1. The Kier molecular flexibility index (Phi) is 6.31. The van der Waals surface area contributed by atoms with Gasteiger partial charge < -0.3 is 19.5 Å². The van der Waals surface area contributed by atoms with E-state index in [1.807, 2.05) is 6.92 Å². The van der Waals surface area contributed by atoms with Gasteiger partial charge in [-0.1, -0.05) is 0 Å². The summed E-state index contributed by atoms with van der Waals surface area (Å²) in [7, 11) is 3.86. The predicted molar refractivity (Wildman–Crippen MR) is 79.7 cm³/mol. The lowest BCUT2D eigenvalue weighted by atomic mass is 10.3. The maximum absolute atomic E-state index is 5.14. The molecule has 1 aromatic heterocycles. The molecule has 5 heteroatoms. The Hall–Kier alpha value is -1.07. The van der Waals surface area contributed by atoms with Crippen LogP contribution in [0.3, 0.4) is 0 Å². The normalized spacial score (nSPS) is 13.3. The summed E-state index contributed by atoms with van der Waals surface area (Å²) in [5.74, 6) is 0.930. The van der Waals surface area contributed by atoms with Crippen LogP contribution < -0.4 is 5.32 Å². The van der Waals surface area contributed by atoms with Gasteiger partial charge in [0.15, 0.2) is 0 Å². The number of hydrogen-bond donors (Lipinski definition) is 1. The van der Waals surface area contributed by atoms with Crippen molar-refractivity contribution in [1.82, 2.24) is 14.5 Å². The maximum atomic E-state index is 5.14. The van der Waals surface area contributed by atoms with Crippen molar-refractivity contribution in [3.05, 3.63) is 11.9 Å². The number of aromatic nitrogens is 2. The minimum absolute atomic E-state index is 0.258. The number of nitrogens with one attached hydrogen (secondary N) is 1. The highest BCUT2D eigenvalue weighted by atomic mass is 16.5. The lowest BCUT2D eigenvalue weighted by molar-refractivity contribution is 0.190. The highest BCUT2D eigenvalue weighted by molar-refractivity contribution is 5.30. The average Bonchev–Trinajstić information content (AvgIpc) is 2.66. The average molecular weight is 268 g/mol. The minimum Gasteiger partial charge on any atom is -0.383 e. The van der Waals surface area contributed by atoms with Crippen molar-refractivity contribution in [1.29, 1.82) is 0 Å². The summed E-state index contributed by atoms with van der Waals surface area (Å²) in [6, 6.07) is 0.821. The number of rotatable bonds is 8. The van der Waals surface area contributed by atoms with Crippen LogP contribution in [0.2, 0.25) is 0 Å². The van der Waals surface area contributed by atoms with Gasteiger partial charge in [0.25, 0.3) is 0 Å². The molecule has 0 amide bonds. The van der Waals surface area contributed by atoms with Crippen LogP contribution in [0, 0.1) is 6.92 Å². The molecular formula is C14H28N4O. The van der Waals surface area contributed by atoms with Crippen molar-refractivity contribution in [3.63, 3.8) is 0 Å². The summed E-state index contributed by atoms with van der Waals surface area (Å²) in [4.78, 5) is 6.86. The fourth-order valence-corrected chi connectivity index (χ4v) is 1.87. The molecule has 0 fully saturated rings. The van der Waals surface area contributed by atoms with Crippen molar-refractivity contribution in [2.45, 2.75) is 46.3 Å². The standard InChI is InChI=1S/C14H28N4O/c1-11(2)17(5)7-8-18-9-12(3)15-14(18)16-13(4)10-19-6/h9,11,13H,7-8,10H2,1-6H3,(H,15,16). The highest BCUT2D eigenvalue weighted by Gasteiger charge is 2.10. The monoisotopic (exact) mass is 268 g/mol. The van der Waals surface area contributed by atoms with E-state index >= 15 is 0 Å². The SMILES string of the molecule is COCC(C)Nc1nc(C)cn1CCN(C)C(C)C. The van der Waals surface area contributed by atoms with E-state index in [2.05, 4.69) is 53.8 Å². The van der Waals surface area contributed by atoms with Gasteiger partial charge in [-0.05, 0) is 34.7 Å². The maximum Gasteiger partial charge on any atom is 0.203 e. The molecule has 110 valence electrons. The topological polar surface area (TPSA) is 42.3 Å². The second kappa shape index (κ2) is 7.50. The van der Waals surface area contributed by atoms with Gasteiger partial charge in [-0.3, -0.25) is 0 Å². The molecule has 0 saturated heterocycles. The van der Waals surface area contributed by atoms with E-state index in [9.17, 15) is 0 Å². The molecule has 0 aliphatic heterocycles. The predicted octanol–water partition coefficient (Wildman–Crippen LogP) is 1.98. The summed E-state index contributed by atoms with van der Waals surface area (Å²) in [5.41, 5.74) is 1.04. The van der Waals surface area contributed by atoms with Crippen LogP contribution in [0.4, 0.5) is 5.95 Å². The number of ether oxygens (including phenoxy) is 1. The second-order valence-electron chi connectivity index (χ2n) is 5.47. The van der Waals surface area contributed by atoms with Crippen molar-refractivity contribution >= 4 is 5.95 Å². The Morgan fingerprint density at radius 1 is 1.42 bits per heavy atom. The molecule has 1 atom stereocenters. The Morgan fingerprint density at radius 2 is 2.11 bits per heavy atom. The van der Waals surface area contributed by atoms with Gasteiger partial charge in [0.05, 0.1) is 12.3 Å². The smallest absolute Gasteiger partial charge is 0.203 e. The van der Waals surface area contributed by atoms with Crippen molar-refractivity contribution in [3.8, 4) is 0 Å². The summed E-state index contributed by atoms with van der Waals surface area (Å²) >= 11 is 0. The fourth-order valence-electron chi connectivity index (χ4n) is 1.87. The van der Waals surface area contributed by atoms with Gasteiger partial charge in [0, 0.05) is 38.5 Å². The van der Waals surface area contributed by atoms with Crippen LogP contribution in [0.1, 0.15) is 26.5 Å². The van der Waals surface area contributed by atoms with Crippen molar-refractivity contribution < 1.29 is 4.74 Å². The van der Waals surface area contributed by atoms with E-state index in [0.29, 0.717) is 12.6 Å². The Balaban J connectivity index is 2.62. The summed E-state index contributed by atoms with van der Waals surface area (Å²) in [5, 5.41) is 3.39. The molecule has 1 aromatic rings. The molecule has 1 N–H and O–H groups in total. The van der Waals surface area contributed by atoms with Gasteiger partial charge >= 0.3 is 0 Å². The van der Waals surface area contributed by atoms with Gasteiger partial charge in [0.1, 0.15) is 0 Å². The first-order chi connectivity index (χ1) is 8.93. The third-order valence-corrected chi connectivity index (χ3v) is 3.26. The van der Waals surface area contributed by atoms with Crippen LogP contribution in [-0.2, 0) is 11.3 Å². The summed E-state index contributed by atoms with van der Waals surface area (Å²) in [6.45, 7) is 11.2. The molecule has 5 nitrogen and oxygen atoms in total. The second-order valence-corrected chi connectivity index (χ2v) is 5.47. The van der Waals surface area contributed by atoms with Gasteiger partial charge in [0.2, 0.25) is 5.95 Å². The molecule has 0 spiro atoms. The number of aryl methyl sites for hydroxylation is 1. The molecule has 0 aliphatic carbocycles. The van der Waals surface area contributed by atoms with Crippen LogP contribution in [0.25, 0.3) is 0 Å². The molecule has 19 heavy (non-hydrogen) atoms. The quantitative estimate of drug-likeness (QED) is 0.783. The van der Waals surface area contributed by atoms with Gasteiger partial charge in [-0.25, -0.2) is 4.98 Å². The molecular weight excluding hydrogens is 240 g/mol. The molecule has 1 unspecified atom stereocenters. The van der Waals surface area contributed by atoms with Gasteiger partial charge in [-0.15, -0.1) is 0 Å². The van der Waals surface area contributed by atoms with E-state index in [1.165, 1.54) is 0 Å². The lowest BCUT2D eigenvalue weighted by Gasteiger charge is -2.22. The molecule has 1 heterocycles. The molecule has 0 bridgehead atoms. The van der Waals surface area contributed by atoms with Gasteiger partial charge in [-0.2, -0.15) is 0 Å². The number of anilines is 1. The van der Waals surface area contributed by atoms with Crippen LogP contribution in [-0.4, -0.2) is 53.8 Å². The first kappa shape index (κ1) is 16.0. The van der Waals surface area contributed by atoms with Crippen LogP contribution in [0.15, 0.2) is 6.20 Å². The Morgan fingerprint density at radius 3 is 2.68 bits per heavy atom. The summed E-state index contributed by atoms with van der Waals surface area (Å²) in [6.07, 6.45) is 2.09.